The third-order valence-corrected chi connectivity index (χ3v) is 3.45. The minimum absolute atomic E-state index is 0.504. The van der Waals surface area contributed by atoms with Crippen molar-refractivity contribution in [2.75, 3.05) is 7.11 Å². The molecule has 3 aromatic rings. The summed E-state index contributed by atoms with van der Waals surface area (Å²) < 4.78 is 11.1. The van der Waals surface area contributed by atoms with Crippen LogP contribution in [0.25, 0.3) is 11.1 Å². The van der Waals surface area contributed by atoms with Crippen molar-refractivity contribution in [1.82, 2.24) is 0 Å². The van der Waals surface area contributed by atoms with Crippen LogP contribution in [0.2, 0.25) is 0 Å². The van der Waals surface area contributed by atoms with Gasteiger partial charge in [-0.1, -0.05) is 60.7 Å². The first-order valence-electron chi connectivity index (χ1n) is 7.18. The zero-order valence-corrected chi connectivity index (χ0v) is 12.5. The number of para-hydroxylation sites is 1. The minimum atomic E-state index is 0.504. The molecule has 0 spiro atoms. The summed E-state index contributed by atoms with van der Waals surface area (Å²) in [7, 11) is 1.66. The van der Waals surface area contributed by atoms with Gasteiger partial charge in [0.05, 0.1) is 7.11 Å². The number of hydrogen-bond acceptors (Lipinski definition) is 2. The Labute approximate surface area is 131 Å². The van der Waals surface area contributed by atoms with Gasteiger partial charge in [-0.2, -0.15) is 0 Å². The first-order valence-corrected chi connectivity index (χ1v) is 7.18. The summed E-state index contributed by atoms with van der Waals surface area (Å²) in [6.45, 7) is 0.504. The lowest BCUT2D eigenvalue weighted by Crippen LogP contribution is -1.97. The molecule has 3 aromatic carbocycles. The number of ether oxygens (including phenoxy) is 2. The van der Waals surface area contributed by atoms with Gasteiger partial charge >= 0.3 is 0 Å². The van der Waals surface area contributed by atoms with Crippen LogP contribution in [0, 0.1) is 6.07 Å². The Bertz CT molecular complexity index is 718. The second-order valence-electron chi connectivity index (χ2n) is 4.92. The lowest BCUT2D eigenvalue weighted by molar-refractivity contribution is 0.306. The van der Waals surface area contributed by atoms with Crippen molar-refractivity contribution in [1.29, 1.82) is 0 Å². The average molecular weight is 289 g/mol. The molecule has 0 N–H and O–H groups in total. The maximum Gasteiger partial charge on any atom is 0.135 e. The van der Waals surface area contributed by atoms with Crippen molar-refractivity contribution in [3.8, 4) is 22.6 Å². The zero-order valence-electron chi connectivity index (χ0n) is 12.5. The molecule has 3 rings (SSSR count). The molecule has 1 radical (unpaired) electrons. The Kier molecular flexibility index (Phi) is 4.40. The molecule has 2 heteroatoms. The second-order valence-corrected chi connectivity index (χ2v) is 4.92. The molecule has 22 heavy (non-hydrogen) atoms. The average Bonchev–Trinajstić information content (AvgIpc) is 2.61. The summed E-state index contributed by atoms with van der Waals surface area (Å²) in [6.07, 6.45) is 0. The van der Waals surface area contributed by atoms with E-state index in [-0.39, 0.29) is 0 Å². The van der Waals surface area contributed by atoms with Crippen molar-refractivity contribution < 1.29 is 9.47 Å². The van der Waals surface area contributed by atoms with E-state index in [4.69, 9.17) is 9.47 Å². The summed E-state index contributed by atoms with van der Waals surface area (Å²) in [6, 6.07) is 27.2. The molecule has 0 aliphatic heterocycles. The first kappa shape index (κ1) is 14.2. The molecule has 0 aliphatic carbocycles. The fourth-order valence-electron chi connectivity index (χ4n) is 2.26. The molecule has 0 amide bonds. The van der Waals surface area contributed by atoms with E-state index in [1.165, 1.54) is 0 Å². The predicted octanol–water partition coefficient (Wildman–Crippen LogP) is 4.74. The topological polar surface area (TPSA) is 18.5 Å². The minimum Gasteiger partial charge on any atom is -0.497 e. The van der Waals surface area contributed by atoms with Gasteiger partial charge in [0.15, 0.2) is 0 Å². The lowest BCUT2D eigenvalue weighted by atomic mass is 10.0. The highest BCUT2D eigenvalue weighted by atomic mass is 16.5. The molecule has 0 saturated carbocycles. The van der Waals surface area contributed by atoms with E-state index in [0.717, 1.165) is 28.2 Å². The number of methoxy groups -OCH3 is 1. The molecular formula is C20H17O2. The fraction of sp³-hybridized carbons (Fsp3) is 0.100. The second kappa shape index (κ2) is 6.81. The number of benzene rings is 3. The maximum atomic E-state index is 5.95. The van der Waals surface area contributed by atoms with Crippen LogP contribution >= 0.6 is 0 Å². The van der Waals surface area contributed by atoms with Crippen LogP contribution < -0.4 is 9.47 Å². The van der Waals surface area contributed by atoms with Crippen molar-refractivity contribution >= 4 is 0 Å². The predicted molar refractivity (Wildman–Crippen MR) is 88.0 cm³/mol. The van der Waals surface area contributed by atoms with E-state index < -0.39 is 0 Å². The Morgan fingerprint density at radius 2 is 1.64 bits per heavy atom. The van der Waals surface area contributed by atoms with Crippen LogP contribution in [-0.4, -0.2) is 7.11 Å². The van der Waals surface area contributed by atoms with Gasteiger partial charge in [-0.3, -0.25) is 0 Å². The SMILES string of the molecule is COc1ccc(COc2[c]cccc2-c2ccccc2)cc1. The van der Waals surface area contributed by atoms with Crippen LogP contribution in [0.5, 0.6) is 11.5 Å². The molecule has 109 valence electrons. The summed E-state index contributed by atoms with van der Waals surface area (Å²) in [5.74, 6) is 1.62. The Morgan fingerprint density at radius 3 is 2.36 bits per heavy atom. The highest BCUT2D eigenvalue weighted by Gasteiger charge is 2.06. The van der Waals surface area contributed by atoms with Crippen molar-refractivity contribution in [3.05, 3.63) is 84.4 Å². The van der Waals surface area contributed by atoms with Crippen molar-refractivity contribution in [2.24, 2.45) is 0 Å². The van der Waals surface area contributed by atoms with Gasteiger partial charge in [0, 0.05) is 11.6 Å². The number of rotatable bonds is 5. The fourth-order valence-corrected chi connectivity index (χ4v) is 2.26. The highest BCUT2D eigenvalue weighted by molar-refractivity contribution is 5.69. The smallest absolute Gasteiger partial charge is 0.135 e. The quantitative estimate of drug-likeness (QED) is 0.675. The monoisotopic (exact) mass is 289 g/mol. The molecule has 0 saturated heterocycles. The Balaban J connectivity index is 1.78. The van der Waals surface area contributed by atoms with Crippen molar-refractivity contribution in [3.63, 3.8) is 0 Å². The first-order chi connectivity index (χ1) is 10.9. The zero-order chi connectivity index (χ0) is 15.2. The number of hydrogen-bond donors (Lipinski definition) is 0. The molecule has 0 atom stereocenters. The van der Waals surface area contributed by atoms with Crippen LogP contribution in [0.3, 0.4) is 0 Å². The Hall–Kier alpha value is -2.74. The largest absolute Gasteiger partial charge is 0.497 e. The molecule has 0 aromatic heterocycles. The lowest BCUT2D eigenvalue weighted by Gasteiger charge is -2.11. The third-order valence-electron chi connectivity index (χ3n) is 3.45. The van der Waals surface area contributed by atoms with E-state index in [2.05, 4.69) is 24.3 Å². The van der Waals surface area contributed by atoms with Gasteiger partial charge in [-0.15, -0.1) is 0 Å². The summed E-state index contributed by atoms with van der Waals surface area (Å²) >= 11 is 0. The molecule has 2 nitrogen and oxygen atoms in total. The third kappa shape index (κ3) is 3.29. The molecule has 0 bridgehead atoms. The van der Waals surface area contributed by atoms with Crippen LogP contribution in [0.1, 0.15) is 5.56 Å². The van der Waals surface area contributed by atoms with Crippen LogP contribution in [0.15, 0.2) is 72.8 Å². The van der Waals surface area contributed by atoms with Crippen molar-refractivity contribution in [2.45, 2.75) is 6.61 Å². The maximum absolute atomic E-state index is 5.95. The summed E-state index contributed by atoms with van der Waals surface area (Å²) in [5.41, 5.74) is 3.28. The van der Waals surface area contributed by atoms with Gasteiger partial charge in [0.25, 0.3) is 0 Å². The standard InChI is InChI=1S/C20H17O2/c1-21-18-13-11-16(12-14-18)15-22-20-10-6-5-9-19(20)17-7-3-2-4-8-17/h2-9,11-14H,15H2,1H3. The van der Waals surface area contributed by atoms with Crippen LogP contribution in [-0.2, 0) is 6.61 Å². The van der Waals surface area contributed by atoms with Gasteiger partial charge in [-0.25, -0.2) is 0 Å². The summed E-state index contributed by atoms with van der Waals surface area (Å²) in [4.78, 5) is 0. The molecule has 0 aliphatic rings. The van der Waals surface area contributed by atoms with E-state index >= 15 is 0 Å². The van der Waals surface area contributed by atoms with Gasteiger partial charge < -0.3 is 9.47 Å². The van der Waals surface area contributed by atoms with E-state index in [0.29, 0.717) is 6.61 Å². The van der Waals surface area contributed by atoms with Gasteiger partial charge in [0.2, 0.25) is 0 Å². The van der Waals surface area contributed by atoms with E-state index in [9.17, 15) is 0 Å². The normalized spacial score (nSPS) is 10.2. The summed E-state index contributed by atoms with van der Waals surface area (Å²) in [5, 5.41) is 0. The molecule has 0 heterocycles. The van der Waals surface area contributed by atoms with E-state index in [1.54, 1.807) is 7.11 Å². The molecule has 0 fully saturated rings. The van der Waals surface area contributed by atoms with Gasteiger partial charge in [0.1, 0.15) is 18.1 Å². The highest BCUT2D eigenvalue weighted by Crippen LogP contribution is 2.29. The molecule has 0 unspecified atom stereocenters. The van der Waals surface area contributed by atoms with E-state index in [1.807, 2.05) is 54.6 Å². The van der Waals surface area contributed by atoms with Crippen LogP contribution in [0.4, 0.5) is 0 Å². The van der Waals surface area contributed by atoms with Gasteiger partial charge in [-0.05, 0) is 23.3 Å². The Morgan fingerprint density at radius 1 is 0.864 bits per heavy atom. The molecular weight excluding hydrogens is 272 g/mol.